The number of aliphatic hydroxyl groups is 1. The summed E-state index contributed by atoms with van der Waals surface area (Å²) in [6, 6.07) is -0.488. The van der Waals surface area contributed by atoms with Crippen LogP contribution >= 0.6 is 0 Å². The Kier molecular flexibility index (Phi) is 6.70. The summed E-state index contributed by atoms with van der Waals surface area (Å²) >= 11 is 0. The van der Waals surface area contributed by atoms with E-state index in [0.29, 0.717) is 30.7 Å². The standard InChI is InChI=1S/C29H41N3O4/c1-4-29(35)15-12-23-21-9-8-19-17-20(10-13-27(19,2)22(21)11-14-28(23,29)3)32-36-18-25(33)31-24-7-5-6-16-30-26(24)34/h1,17,21-24,35H,5-16,18H2,2-3H3,(H,30,34)(H,31,33)/t21-,22-,23+,24+,27-,28-,29+/m0/s1. The van der Waals surface area contributed by atoms with Crippen LogP contribution in [0.25, 0.3) is 0 Å². The van der Waals surface area contributed by atoms with Gasteiger partial charge in [-0.05, 0) is 99.9 Å². The lowest BCUT2D eigenvalue weighted by molar-refractivity contribution is -0.131. The number of fused-ring (bicyclic) bond motifs is 5. The maximum atomic E-state index is 12.3. The lowest BCUT2D eigenvalue weighted by atomic mass is 9.46. The molecule has 0 aromatic carbocycles. The van der Waals surface area contributed by atoms with Gasteiger partial charge < -0.3 is 20.6 Å². The van der Waals surface area contributed by atoms with Gasteiger partial charge in [-0.15, -0.1) is 6.42 Å². The second kappa shape index (κ2) is 9.52. The van der Waals surface area contributed by atoms with Gasteiger partial charge in [-0.25, -0.2) is 0 Å². The Hall–Kier alpha value is -2.33. The quantitative estimate of drug-likeness (QED) is 0.411. The van der Waals surface area contributed by atoms with Crippen molar-refractivity contribution in [3.63, 3.8) is 0 Å². The van der Waals surface area contributed by atoms with Gasteiger partial charge >= 0.3 is 0 Å². The minimum absolute atomic E-state index is 0.122. The molecule has 1 heterocycles. The van der Waals surface area contributed by atoms with Crippen LogP contribution < -0.4 is 10.6 Å². The lowest BCUT2D eigenvalue weighted by Crippen LogP contribution is -2.54. The van der Waals surface area contributed by atoms with Crippen LogP contribution in [-0.4, -0.2) is 47.4 Å². The molecule has 7 atom stereocenters. The van der Waals surface area contributed by atoms with Crippen LogP contribution in [0.1, 0.15) is 84.5 Å². The van der Waals surface area contributed by atoms with E-state index in [1.54, 1.807) is 0 Å². The summed E-state index contributed by atoms with van der Waals surface area (Å²) in [5.74, 6) is 4.03. The van der Waals surface area contributed by atoms with Crippen molar-refractivity contribution in [2.45, 2.75) is 96.1 Å². The fraction of sp³-hybridized carbons (Fsp3) is 0.759. The number of nitrogens with zero attached hydrogens (tertiary/aromatic N) is 1. The third-order valence-electron chi connectivity index (χ3n) is 10.6. The number of hydrogen-bond acceptors (Lipinski definition) is 5. The van der Waals surface area contributed by atoms with Crippen molar-refractivity contribution in [3.05, 3.63) is 11.6 Å². The molecule has 4 aliphatic carbocycles. The predicted octanol–water partition coefficient (Wildman–Crippen LogP) is 3.47. The monoisotopic (exact) mass is 495 g/mol. The van der Waals surface area contributed by atoms with Crippen molar-refractivity contribution in [2.75, 3.05) is 13.2 Å². The maximum absolute atomic E-state index is 12.3. The number of oxime groups is 1. The van der Waals surface area contributed by atoms with Crippen molar-refractivity contribution in [1.82, 2.24) is 10.6 Å². The summed E-state index contributed by atoms with van der Waals surface area (Å²) in [7, 11) is 0. The first-order valence-electron chi connectivity index (χ1n) is 13.9. The molecule has 2 amide bonds. The fourth-order valence-electron chi connectivity index (χ4n) is 8.38. The summed E-state index contributed by atoms with van der Waals surface area (Å²) in [5.41, 5.74) is 1.35. The van der Waals surface area contributed by atoms with E-state index in [2.05, 4.69) is 41.6 Å². The summed E-state index contributed by atoms with van der Waals surface area (Å²) < 4.78 is 0. The van der Waals surface area contributed by atoms with Gasteiger partial charge in [0.15, 0.2) is 6.61 Å². The Morgan fingerprint density at radius 2 is 2.00 bits per heavy atom. The molecular formula is C29H41N3O4. The highest BCUT2D eigenvalue weighted by Gasteiger charge is 2.63. The molecule has 36 heavy (non-hydrogen) atoms. The number of terminal acetylenes is 1. The van der Waals surface area contributed by atoms with E-state index < -0.39 is 11.6 Å². The van der Waals surface area contributed by atoms with Gasteiger partial charge in [0.05, 0.1) is 5.71 Å². The molecular weight excluding hydrogens is 454 g/mol. The van der Waals surface area contributed by atoms with Crippen LogP contribution in [0.4, 0.5) is 0 Å². The smallest absolute Gasteiger partial charge is 0.261 e. The number of hydrogen-bond donors (Lipinski definition) is 3. The summed E-state index contributed by atoms with van der Waals surface area (Å²) in [5, 5.41) is 21.1. The number of carbonyl (C=O) groups excluding carboxylic acids is 2. The minimum atomic E-state index is -0.963. The van der Waals surface area contributed by atoms with Gasteiger partial charge in [-0.3, -0.25) is 9.59 Å². The lowest BCUT2D eigenvalue weighted by Gasteiger charge is -2.58. The molecule has 3 N–H and O–H groups in total. The number of amides is 2. The molecule has 196 valence electrons. The molecule has 3 saturated carbocycles. The summed E-state index contributed by atoms with van der Waals surface area (Å²) in [4.78, 5) is 29.8. The molecule has 4 fully saturated rings. The van der Waals surface area contributed by atoms with Gasteiger partial charge in [0.1, 0.15) is 11.6 Å². The van der Waals surface area contributed by atoms with Crippen molar-refractivity contribution in [3.8, 4) is 12.3 Å². The van der Waals surface area contributed by atoms with Crippen molar-refractivity contribution >= 4 is 17.5 Å². The molecule has 0 bridgehead atoms. The Balaban J connectivity index is 1.21. The molecule has 1 saturated heterocycles. The summed E-state index contributed by atoms with van der Waals surface area (Å²) in [6.45, 7) is 5.13. The van der Waals surface area contributed by atoms with E-state index in [1.807, 2.05) is 0 Å². The van der Waals surface area contributed by atoms with E-state index in [1.165, 1.54) is 5.57 Å². The average Bonchev–Trinajstić information content (AvgIpc) is 2.98. The highest BCUT2D eigenvalue weighted by atomic mass is 16.6. The number of carbonyl (C=O) groups is 2. The van der Waals surface area contributed by atoms with Crippen LogP contribution in [0.15, 0.2) is 16.8 Å². The molecule has 1 aliphatic heterocycles. The topological polar surface area (TPSA) is 100 Å². The highest BCUT2D eigenvalue weighted by molar-refractivity contribution is 5.96. The van der Waals surface area contributed by atoms with E-state index in [9.17, 15) is 14.7 Å². The zero-order chi connectivity index (χ0) is 25.6. The van der Waals surface area contributed by atoms with Gasteiger partial charge in [-0.1, -0.05) is 30.5 Å². The number of rotatable bonds is 4. The van der Waals surface area contributed by atoms with Crippen LogP contribution in [0.2, 0.25) is 0 Å². The number of nitrogens with one attached hydrogen (secondary N) is 2. The summed E-state index contributed by atoms with van der Waals surface area (Å²) in [6.07, 6.45) is 18.4. The van der Waals surface area contributed by atoms with E-state index >= 15 is 0 Å². The molecule has 5 rings (SSSR count). The third-order valence-corrected chi connectivity index (χ3v) is 10.6. The Morgan fingerprint density at radius 1 is 1.19 bits per heavy atom. The van der Waals surface area contributed by atoms with Crippen molar-refractivity contribution < 1.29 is 19.5 Å². The first-order valence-corrected chi connectivity index (χ1v) is 13.9. The van der Waals surface area contributed by atoms with Gasteiger partial charge in [0, 0.05) is 12.0 Å². The van der Waals surface area contributed by atoms with Crippen LogP contribution in [0.3, 0.4) is 0 Å². The zero-order valence-corrected chi connectivity index (χ0v) is 21.8. The maximum Gasteiger partial charge on any atom is 0.261 e. The Bertz CT molecular complexity index is 1010. The van der Waals surface area contributed by atoms with Crippen LogP contribution in [0, 0.1) is 40.9 Å². The second-order valence-electron chi connectivity index (χ2n) is 12.3. The average molecular weight is 496 g/mol. The molecule has 0 radical (unpaired) electrons. The molecule has 0 unspecified atom stereocenters. The minimum Gasteiger partial charge on any atom is -0.385 e. The first kappa shape index (κ1) is 25.3. The second-order valence-corrected chi connectivity index (χ2v) is 12.3. The van der Waals surface area contributed by atoms with E-state index in [4.69, 9.17) is 11.3 Å². The normalized spacial score (nSPS) is 43.1. The Labute approximate surface area is 214 Å². The molecule has 7 heteroatoms. The van der Waals surface area contributed by atoms with Crippen molar-refractivity contribution in [1.29, 1.82) is 0 Å². The third kappa shape index (κ3) is 4.16. The van der Waals surface area contributed by atoms with Gasteiger partial charge in [0.25, 0.3) is 5.91 Å². The number of allylic oxidation sites excluding steroid dienone is 2. The first-order chi connectivity index (χ1) is 17.2. The fourth-order valence-corrected chi connectivity index (χ4v) is 8.38. The largest absolute Gasteiger partial charge is 0.385 e. The molecule has 7 nitrogen and oxygen atoms in total. The zero-order valence-electron chi connectivity index (χ0n) is 21.8. The molecule has 0 spiro atoms. The SMILES string of the molecule is C#C[C@@]1(O)CC[C@@H]2[C@H]3CCC4=CC(=NOCC(=O)N[C@@H]5CCCCNC5=O)CC[C@]4(C)[C@H]3CC[C@@]21C. The van der Waals surface area contributed by atoms with Crippen molar-refractivity contribution in [2.24, 2.45) is 33.7 Å². The van der Waals surface area contributed by atoms with Gasteiger partial charge in [-0.2, -0.15) is 0 Å². The van der Waals surface area contributed by atoms with Crippen LogP contribution in [-0.2, 0) is 14.4 Å². The predicted molar refractivity (Wildman–Crippen MR) is 138 cm³/mol. The van der Waals surface area contributed by atoms with Gasteiger partial charge in [0.2, 0.25) is 5.91 Å². The molecule has 0 aromatic rings. The van der Waals surface area contributed by atoms with E-state index in [0.717, 1.165) is 69.9 Å². The van der Waals surface area contributed by atoms with Crippen LogP contribution in [0.5, 0.6) is 0 Å². The molecule has 5 aliphatic rings. The molecule has 0 aromatic heterocycles. The van der Waals surface area contributed by atoms with E-state index in [-0.39, 0.29) is 29.3 Å². The highest BCUT2D eigenvalue weighted by Crippen LogP contribution is 2.67. The Morgan fingerprint density at radius 3 is 2.81 bits per heavy atom.